The molecule has 0 bridgehead atoms. The van der Waals surface area contributed by atoms with Crippen LogP contribution in [0.25, 0.3) is 0 Å². The molecule has 0 aromatic rings. The van der Waals surface area contributed by atoms with Crippen LogP contribution in [0.15, 0.2) is 0 Å². The van der Waals surface area contributed by atoms with Crippen LogP contribution in [0.1, 0.15) is 0 Å². The minimum Gasteiger partial charge on any atom is 0 e. The van der Waals surface area contributed by atoms with Crippen molar-refractivity contribution >= 4 is 82.6 Å². The Kier molecular flexibility index (Phi) is 43.5. The SMILES string of the molecule is O=S(=O)([O-])[O-].O=S(=O)([O-])[O-].O=S(=O)([O-])[O-].[KH].[Rh+3].[Rh+3].[Rh]. The van der Waals surface area contributed by atoms with Crippen molar-refractivity contribution in [2.75, 3.05) is 0 Å². The fraction of sp³-hybridized carbons (Fsp3) is 0. The van der Waals surface area contributed by atoms with E-state index in [0.717, 1.165) is 0 Å². The average molecular weight is 637 g/mol. The van der Waals surface area contributed by atoms with Gasteiger partial charge in [0.1, 0.15) is 0 Å². The number of rotatable bonds is 0. The summed E-state index contributed by atoms with van der Waals surface area (Å²) in [6.07, 6.45) is 0. The molecule has 0 atom stereocenters. The molecule has 12 nitrogen and oxygen atoms in total. The Morgan fingerprint density at radius 2 is 0.474 bits per heavy atom. The maximum Gasteiger partial charge on any atom is 3.00 e. The van der Waals surface area contributed by atoms with Gasteiger partial charge in [-0.05, 0) is 0 Å². The first-order chi connectivity index (χ1) is 6.00. The summed E-state index contributed by atoms with van der Waals surface area (Å²) in [5.74, 6) is 0. The Labute approximate surface area is 190 Å². The molecule has 119 valence electrons. The van der Waals surface area contributed by atoms with Gasteiger partial charge < -0.3 is 27.3 Å². The van der Waals surface area contributed by atoms with E-state index in [1.54, 1.807) is 0 Å². The summed E-state index contributed by atoms with van der Waals surface area (Å²) in [6.45, 7) is 0. The molecule has 0 aliphatic heterocycles. The van der Waals surface area contributed by atoms with Gasteiger partial charge in [-0.3, -0.25) is 25.3 Å². The third kappa shape index (κ3) is 795. The maximum absolute atomic E-state index is 8.52. The molecule has 0 fully saturated rings. The van der Waals surface area contributed by atoms with E-state index in [1.807, 2.05) is 0 Å². The molecule has 0 saturated heterocycles. The Balaban J connectivity index is -0.0000000206. The fourth-order valence-electron chi connectivity index (χ4n) is 0. The first-order valence-electron chi connectivity index (χ1n) is 2.00. The second-order valence-electron chi connectivity index (χ2n) is 1.22. The van der Waals surface area contributed by atoms with Crippen molar-refractivity contribution < 1.29 is 111 Å². The van der Waals surface area contributed by atoms with Gasteiger partial charge >= 0.3 is 90.3 Å². The zero-order valence-corrected chi connectivity index (χ0v) is 14.5. The van der Waals surface area contributed by atoms with E-state index in [9.17, 15) is 0 Å². The van der Waals surface area contributed by atoms with Crippen molar-refractivity contribution in [3.05, 3.63) is 0 Å². The summed E-state index contributed by atoms with van der Waals surface area (Å²) >= 11 is 0. The van der Waals surface area contributed by atoms with Gasteiger partial charge in [0.25, 0.3) is 0 Å². The molecule has 19 heteroatoms. The Hall–Kier alpha value is 3.12. The van der Waals surface area contributed by atoms with Crippen LogP contribution >= 0.6 is 0 Å². The Morgan fingerprint density at radius 3 is 0.474 bits per heavy atom. The van der Waals surface area contributed by atoms with Crippen LogP contribution in [0.3, 0.4) is 0 Å². The predicted octanol–water partition coefficient (Wildman–Crippen LogP) is -4.67. The van der Waals surface area contributed by atoms with Crippen molar-refractivity contribution in [2.45, 2.75) is 0 Å². The van der Waals surface area contributed by atoms with Crippen LogP contribution in [0.4, 0.5) is 0 Å². The molecule has 19 heavy (non-hydrogen) atoms. The molecule has 1 radical (unpaired) electrons. The third-order valence-electron chi connectivity index (χ3n) is 0. The quantitative estimate of drug-likeness (QED) is 0.138. The molecule has 0 N–H and O–H groups in total. The van der Waals surface area contributed by atoms with Crippen molar-refractivity contribution in [3.63, 3.8) is 0 Å². The first-order valence-corrected chi connectivity index (χ1v) is 6.00. The minimum atomic E-state index is -5.17. The van der Waals surface area contributed by atoms with Gasteiger partial charge in [-0.15, -0.1) is 0 Å². The number of hydrogen-bond donors (Lipinski definition) is 0. The van der Waals surface area contributed by atoms with Gasteiger partial charge in [0.15, 0.2) is 0 Å². The van der Waals surface area contributed by atoms with Gasteiger partial charge in [-0.1, -0.05) is 0 Å². The van der Waals surface area contributed by atoms with Crippen LogP contribution in [0.2, 0.25) is 0 Å². The maximum atomic E-state index is 8.52. The Morgan fingerprint density at radius 1 is 0.474 bits per heavy atom. The molecule has 0 aliphatic carbocycles. The van der Waals surface area contributed by atoms with E-state index in [1.165, 1.54) is 0 Å². The molecular weight excluding hydrogens is 636 g/mol. The molecule has 0 spiro atoms. The Bertz CT molecular complexity index is 349. The summed E-state index contributed by atoms with van der Waals surface area (Å²) in [7, 11) is -15.5. The second-order valence-corrected chi connectivity index (χ2v) is 3.67. The monoisotopic (exact) mass is 637 g/mol. The van der Waals surface area contributed by atoms with Gasteiger partial charge in [-0.2, -0.15) is 0 Å². The summed E-state index contributed by atoms with van der Waals surface area (Å²) in [5.41, 5.74) is 0. The van der Waals surface area contributed by atoms with Crippen LogP contribution in [-0.4, -0.2) is 104 Å². The van der Waals surface area contributed by atoms with E-state index in [4.69, 9.17) is 52.6 Å². The molecule has 0 aliphatic rings. The third-order valence-corrected chi connectivity index (χ3v) is 0. The smallest absolute Gasteiger partial charge is 0 e. The fourth-order valence-corrected chi connectivity index (χ4v) is 0. The van der Waals surface area contributed by atoms with Crippen LogP contribution in [0.5, 0.6) is 0 Å². The minimum absolute atomic E-state index is 0. The van der Waals surface area contributed by atoms with Crippen LogP contribution in [0, 0.1) is 0 Å². The predicted molar refractivity (Wildman–Crippen MR) is 38.6 cm³/mol. The molecule has 0 saturated carbocycles. The van der Waals surface area contributed by atoms with E-state index >= 15 is 0 Å². The van der Waals surface area contributed by atoms with E-state index in [-0.39, 0.29) is 110 Å². The second kappa shape index (κ2) is 19.2. The van der Waals surface area contributed by atoms with Crippen LogP contribution in [-0.2, 0) is 89.6 Å². The molecule has 0 heterocycles. The van der Waals surface area contributed by atoms with Crippen molar-refractivity contribution in [1.82, 2.24) is 0 Å². The van der Waals surface area contributed by atoms with Crippen molar-refractivity contribution in [2.24, 2.45) is 0 Å². The van der Waals surface area contributed by atoms with Crippen molar-refractivity contribution in [3.8, 4) is 0 Å². The number of hydrogen-bond acceptors (Lipinski definition) is 12. The summed E-state index contributed by atoms with van der Waals surface area (Å²) in [4.78, 5) is 0. The summed E-state index contributed by atoms with van der Waals surface area (Å²) < 4.78 is 102. The molecule has 0 unspecified atom stereocenters. The van der Waals surface area contributed by atoms with Gasteiger partial charge in [0.2, 0.25) is 0 Å². The first kappa shape index (κ1) is 43.2. The zero-order chi connectivity index (χ0) is 13.5. The normalized spacial score (nSPS) is 9.16. The zero-order valence-electron chi connectivity index (χ0n) is 7.12. The average Bonchev–Trinajstić information content (AvgIpc) is 1.41. The largest absolute Gasteiger partial charge is 3.00 e. The van der Waals surface area contributed by atoms with E-state index in [0.29, 0.717) is 0 Å². The molecule has 0 amide bonds. The summed E-state index contributed by atoms with van der Waals surface area (Å²) in [5, 5.41) is 0. The molecule has 0 aromatic heterocycles. The van der Waals surface area contributed by atoms with E-state index < -0.39 is 31.2 Å². The van der Waals surface area contributed by atoms with Crippen molar-refractivity contribution in [1.29, 1.82) is 0 Å². The summed E-state index contributed by atoms with van der Waals surface area (Å²) in [6, 6.07) is 0. The van der Waals surface area contributed by atoms with E-state index in [2.05, 4.69) is 0 Å². The topological polar surface area (TPSA) is 241 Å². The van der Waals surface area contributed by atoms with Gasteiger partial charge in [0.05, 0.1) is 0 Å². The molecule has 0 aromatic carbocycles. The van der Waals surface area contributed by atoms with Crippen LogP contribution < -0.4 is 0 Å². The molecule has 0 rings (SSSR count). The standard InChI is InChI=1S/K.3H2O4S.3Rh.H/c;3*1-5(2,3)4;;;;/h;3*(H2,1,2,3,4);;;;/q;;;;;2*+3;/p-6. The van der Waals surface area contributed by atoms with Gasteiger partial charge in [-0.25, -0.2) is 0 Å². The van der Waals surface area contributed by atoms with Gasteiger partial charge in [0, 0.05) is 50.7 Å². The molecular formula is HKO12Rh3S3.